The molecule has 0 bridgehead atoms. The Kier molecular flexibility index (Phi) is 2.73. The van der Waals surface area contributed by atoms with E-state index < -0.39 is 0 Å². The minimum atomic E-state index is -0.0864. The van der Waals surface area contributed by atoms with Gasteiger partial charge >= 0.3 is 0 Å². The summed E-state index contributed by atoms with van der Waals surface area (Å²) in [4.78, 5) is 2.34. The number of hydrogen-bond acceptors (Lipinski definition) is 2. The van der Waals surface area contributed by atoms with Gasteiger partial charge in [0.05, 0.1) is 6.10 Å². The van der Waals surface area contributed by atoms with Crippen LogP contribution < -0.4 is 4.90 Å². The summed E-state index contributed by atoms with van der Waals surface area (Å²) in [6.45, 7) is 4.05. The van der Waals surface area contributed by atoms with Crippen LogP contribution in [-0.4, -0.2) is 24.3 Å². The van der Waals surface area contributed by atoms with Crippen LogP contribution in [0.4, 0.5) is 5.69 Å². The summed E-state index contributed by atoms with van der Waals surface area (Å²) in [6, 6.07) is 8.60. The Morgan fingerprint density at radius 1 is 1.14 bits per heavy atom. The molecule has 1 fully saturated rings. The van der Waals surface area contributed by atoms with Gasteiger partial charge in [-0.25, -0.2) is 0 Å². The highest BCUT2D eigenvalue weighted by Gasteiger charge is 2.16. The zero-order chi connectivity index (χ0) is 9.97. The van der Waals surface area contributed by atoms with Gasteiger partial charge in [-0.05, 0) is 31.9 Å². The molecule has 0 aromatic heterocycles. The molecule has 1 saturated heterocycles. The van der Waals surface area contributed by atoms with Gasteiger partial charge in [-0.15, -0.1) is 0 Å². The smallest absolute Gasteiger partial charge is 0.0574 e. The molecular formula is C12H17NO. The zero-order valence-corrected chi connectivity index (χ0v) is 8.61. The maximum absolute atomic E-state index is 9.39. The molecule has 1 aliphatic rings. The third-order valence-corrected chi connectivity index (χ3v) is 2.86. The number of aryl methyl sites for hydroxylation is 1. The number of hydrogen-bond donors (Lipinski definition) is 1. The van der Waals surface area contributed by atoms with Gasteiger partial charge in [0, 0.05) is 18.8 Å². The van der Waals surface area contributed by atoms with Crippen molar-refractivity contribution in [2.24, 2.45) is 0 Å². The first-order valence-corrected chi connectivity index (χ1v) is 5.25. The lowest BCUT2D eigenvalue weighted by Crippen LogP contribution is -2.35. The molecule has 0 atom stereocenters. The van der Waals surface area contributed by atoms with E-state index in [-0.39, 0.29) is 6.10 Å². The summed E-state index contributed by atoms with van der Waals surface area (Å²) in [6.07, 6.45) is 1.71. The number of anilines is 1. The van der Waals surface area contributed by atoms with Gasteiger partial charge < -0.3 is 10.0 Å². The Morgan fingerprint density at radius 2 is 1.71 bits per heavy atom. The van der Waals surface area contributed by atoms with E-state index in [2.05, 4.69) is 36.1 Å². The van der Waals surface area contributed by atoms with Crippen molar-refractivity contribution in [3.8, 4) is 0 Å². The monoisotopic (exact) mass is 191 g/mol. The molecule has 0 spiro atoms. The van der Waals surface area contributed by atoms with Crippen LogP contribution in [0.1, 0.15) is 18.4 Å². The van der Waals surface area contributed by atoms with Gasteiger partial charge in [0.15, 0.2) is 0 Å². The van der Waals surface area contributed by atoms with Crippen LogP contribution in [0, 0.1) is 6.92 Å². The molecule has 2 heteroatoms. The first-order valence-electron chi connectivity index (χ1n) is 5.25. The second-order valence-corrected chi connectivity index (χ2v) is 4.05. The van der Waals surface area contributed by atoms with Crippen LogP contribution in [0.25, 0.3) is 0 Å². The van der Waals surface area contributed by atoms with Crippen molar-refractivity contribution in [3.63, 3.8) is 0 Å². The summed E-state index contributed by atoms with van der Waals surface area (Å²) in [5.74, 6) is 0. The Balaban J connectivity index is 2.05. The van der Waals surface area contributed by atoms with E-state index in [4.69, 9.17) is 0 Å². The van der Waals surface area contributed by atoms with Gasteiger partial charge in [0.1, 0.15) is 0 Å². The Labute approximate surface area is 85.2 Å². The van der Waals surface area contributed by atoms with Crippen molar-refractivity contribution in [2.75, 3.05) is 18.0 Å². The molecule has 0 amide bonds. The van der Waals surface area contributed by atoms with E-state index in [0.29, 0.717) is 0 Å². The highest BCUT2D eigenvalue weighted by atomic mass is 16.3. The zero-order valence-electron chi connectivity index (χ0n) is 8.61. The SMILES string of the molecule is Cc1ccc(N2CCC(O)CC2)cc1. The van der Waals surface area contributed by atoms with Gasteiger partial charge in [0.2, 0.25) is 0 Å². The van der Waals surface area contributed by atoms with Gasteiger partial charge in [0.25, 0.3) is 0 Å². The lowest BCUT2D eigenvalue weighted by Gasteiger charge is -2.31. The summed E-state index contributed by atoms with van der Waals surface area (Å²) in [5, 5.41) is 9.39. The molecule has 1 heterocycles. The minimum absolute atomic E-state index is 0.0864. The number of nitrogens with zero attached hydrogens (tertiary/aromatic N) is 1. The molecule has 76 valence electrons. The van der Waals surface area contributed by atoms with Crippen LogP contribution in [0.5, 0.6) is 0 Å². The van der Waals surface area contributed by atoms with Crippen molar-refractivity contribution in [2.45, 2.75) is 25.9 Å². The highest BCUT2D eigenvalue weighted by Crippen LogP contribution is 2.20. The molecule has 0 aliphatic carbocycles. The predicted molar refractivity (Wildman–Crippen MR) is 58.6 cm³/mol. The number of benzene rings is 1. The Morgan fingerprint density at radius 3 is 2.29 bits per heavy atom. The first kappa shape index (κ1) is 9.53. The standard InChI is InChI=1S/C12H17NO/c1-10-2-4-11(5-3-10)13-8-6-12(14)7-9-13/h2-5,12,14H,6-9H2,1H3. The number of aliphatic hydroxyl groups is 1. The topological polar surface area (TPSA) is 23.5 Å². The summed E-state index contributed by atoms with van der Waals surface area (Å²) in [5.41, 5.74) is 2.58. The number of piperidine rings is 1. The van der Waals surface area contributed by atoms with E-state index in [1.54, 1.807) is 0 Å². The number of aliphatic hydroxyl groups excluding tert-OH is 1. The molecule has 1 N–H and O–H groups in total. The summed E-state index contributed by atoms with van der Waals surface area (Å²) < 4.78 is 0. The fourth-order valence-electron chi connectivity index (χ4n) is 1.88. The van der Waals surface area contributed by atoms with Gasteiger partial charge in [-0.1, -0.05) is 17.7 Å². The molecule has 14 heavy (non-hydrogen) atoms. The van der Waals surface area contributed by atoms with Crippen LogP contribution in [0.2, 0.25) is 0 Å². The van der Waals surface area contributed by atoms with Crippen LogP contribution in [0.15, 0.2) is 24.3 Å². The highest BCUT2D eigenvalue weighted by molar-refractivity contribution is 5.47. The summed E-state index contributed by atoms with van der Waals surface area (Å²) >= 11 is 0. The molecule has 0 saturated carbocycles. The van der Waals surface area contributed by atoms with Crippen molar-refractivity contribution in [1.29, 1.82) is 0 Å². The van der Waals surface area contributed by atoms with E-state index in [0.717, 1.165) is 25.9 Å². The van der Waals surface area contributed by atoms with E-state index in [1.165, 1.54) is 11.3 Å². The number of rotatable bonds is 1. The van der Waals surface area contributed by atoms with Crippen LogP contribution in [0.3, 0.4) is 0 Å². The minimum Gasteiger partial charge on any atom is -0.393 e. The average molecular weight is 191 g/mol. The lowest BCUT2D eigenvalue weighted by molar-refractivity contribution is 0.145. The van der Waals surface area contributed by atoms with E-state index in [1.807, 2.05) is 0 Å². The largest absolute Gasteiger partial charge is 0.393 e. The molecule has 1 aromatic rings. The first-order chi connectivity index (χ1) is 6.75. The predicted octanol–water partition coefficient (Wildman–Crippen LogP) is 1.96. The average Bonchev–Trinajstić information content (AvgIpc) is 2.21. The molecule has 1 aliphatic heterocycles. The molecular weight excluding hydrogens is 174 g/mol. The molecule has 1 aromatic carbocycles. The van der Waals surface area contributed by atoms with Crippen LogP contribution in [-0.2, 0) is 0 Å². The molecule has 2 rings (SSSR count). The summed E-state index contributed by atoms with van der Waals surface area (Å²) in [7, 11) is 0. The normalized spacial score (nSPS) is 18.6. The van der Waals surface area contributed by atoms with E-state index in [9.17, 15) is 5.11 Å². The van der Waals surface area contributed by atoms with Crippen molar-refractivity contribution >= 4 is 5.69 Å². The third-order valence-electron chi connectivity index (χ3n) is 2.86. The van der Waals surface area contributed by atoms with Gasteiger partial charge in [-0.3, -0.25) is 0 Å². The second kappa shape index (κ2) is 4.01. The van der Waals surface area contributed by atoms with Gasteiger partial charge in [-0.2, -0.15) is 0 Å². The second-order valence-electron chi connectivity index (χ2n) is 4.05. The molecule has 2 nitrogen and oxygen atoms in total. The Hall–Kier alpha value is -1.02. The molecule has 0 unspecified atom stereocenters. The maximum atomic E-state index is 9.39. The third kappa shape index (κ3) is 2.07. The molecule has 0 radical (unpaired) electrons. The quantitative estimate of drug-likeness (QED) is 0.733. The lowest BCUT2D eigenvalue weighted by atomic mass is 10.1. The van der Waals surface area contributed by atoms with Crippen molar-refractivity contribution in [3.05, 3.63) is 29.8 Å². The van der Waals surface area contributed by atoms with Crippen molar-refractivity contribution in [1.82, 2.24) is 0 Å². The van der Waals surface area contributed by atoms with E-state index >= 15 is 0 Å². The van der Waals surface area contributed by atoms with Crippen molar-refractivity contribution < 1.29 is 5.11 Å². The maximum Gasteiger partial charge on any atom is 0.0574 e. The fourth-order valence-corrected chi connectivity index (χ4v) is 1.88. The fraction of sp³-hybridized carbons (Fsp3) is 0.500. The Bertz CT molecular complexity index is 286. The van der Waals surface area contributed by atoms with Crippen LogP contribution >= 0.6 is 0 Å².